The van der Waals surface area contributed by atoms with E-state index >= 15 is 0 Å². The van der Waals surface area contributed by atoms with E-state index in [0.717, 1.165) is 0 Å². The second-order valence-electron chi connectivity index (χ2n) is 4.47. The number of methoxy groups -OCH3 is 1. The Morgan fingerprint density at radius 1 is 1.35 bits per heavy atom. The van der Waals surface area contributed by atoms with Crippen molar-refractivity contribution in [3.8, 4) is 11.3 Å². The summed E-state index contributed by atoms with van der Waals surface area (Å²) in [5.74, 6) is -0.266. The van der Waals surface area contributed by atoms with Crippen LogP contribution >= 0.6 is 0 Å². The first-order valence-electron chi connectivity index (χ1n) is 6.26. The number of nitrogens with one attached hydrogen (secondary N) is 1. The number of benzene rings is 1. The van der Waals surface area contributed by atoms with Gasteiger partial charge in [0.2, 0.25) is 0 Å². The van der Waals surface area contributed by atoms with Crippen LogP contribution in [-0.4, -0.2) is 25.7 Å². The first kappa shape index (κ1) is 14.3. The van der Waals surface area contributed by atoms with Gasteiger partial charge in [-0.05, 0) is 31.2 Å². The lowest BCUT2D eigenvalue weighted by Crippen LogP contribution is -2.35. The Hall–Kier alpha value is -2.14. The SMILES string of the molecule is COC[C@@H](C)NC(=O)c1ccc(-c2ccccc2F)o1. The van der Waals surface area contributed by atoms with Gasteiger partial charge in [-0.25, -0.2) is 4.39 Å². The molecule has 1 aromatic carbocycles. The van der Waals surface area contributed by atoms with Gasteiger partial charge in [-0.2, -0.15) is 0 Å². The summed E-state index contributed by atoms with van der Waals surface area (Å²) in [5, 5.41) is 2.73. The zero-order valence-corrected chi connectivity index (χ0v) is 11.4. The third-order valence-electron chi connectivity index (χ3n) is 2.76. The zero-order valence-electron chi connectivity index (χ0n) is 11.4. The van der Waals surface area contributed by atoms with Crippen molar-refractivity contribution in [3.05, 3.63) is 48.0 Å². The van der Waals surface area contributed by atoms with E-state index in [0.29, 0.717) is 17.9 Å². The van der Waals surface area contributed by atoms with E-state index in [-0.39, 0.29) is 23.5 Å². The third-order valence-corrected chi connectivity index (χ3v) is 2.76. The van der Waals surface area contributed by atoms with Crippen LogP contribution in [0.1, 0.15) is 17.5 Å². The molecule has 0 spiro atoms. The van der Waals surface area contributed by atoms with Crippen molar-refractivity contribution in [2.24, 2.45) is 0 Å². The second kappa shape index (κ2) is 6.34. The summed E-state index contributed by atoms with van der Waals surface area (Å²) in [6, 6.07) is 9.23. The fourth-order valence-corrected chi connectivity index (χ4v) is 1.85. The molecule has 0 saturated carbocycles. The Kier molecular flexibility index (Phi) is 4.53. The Morgan fingerprint density at radius 2 is 2.10 bits per heavy atom. The summed E-state index contributed by atoms with van der Waals surface area (Å²) in [6.07, 6.45) is 0. The Bertz CT molecular complexity index is 594. The topological polar surface area (TPSA) is 51.5 Å². The lowest BCUT2D eigenvalue weighted by Gasteiger charge is -2.11. The van der Waals surface area contributed by atoms with Gasteiger partial charge >= 0.3 is 0 Å². The Balaban J connectivity index is 2.13. The number of hydrogen-bond acceptors (Lipinski definition) is 3. The molecular formula is C15H16FNO3. The predicted molar refractivity (Wildman–Crippen MR) is 72.9 cm³/mol. The largest absolute Gasteiger partial charge is 0.451 e. The van der Waals surface area contributed by atoms with E-state index in [1.807, 2.05) is 6.92 Å². The fraction of sp³-hybridized carbons (Fsp3) is 0.267. The van der Waals surface area contributed by atoms with Crippen molar-refractivity contribution in [1.82, 2.24) is 5.32 Å². The molecule has 2 aromatic rings. The van der Waals surface area contributed by atoms with Crippen LogP contribution in [0.25, 0.3) is 11.3 Å². The maximum absolute atomic E-state index is 13.6. The molecule has 1 amide bonds. The molecule has 2 rings (SSSR count). The van der Waals surface area contributed by atoms with Crippen molar-refractivity contribution in [1.29, 1.82) is 0 Å². The number of carbonyl (C=O) groups excluding carboxylic acids is 1. The van der Waals surface area contributed by atoms with Gasteiger partial charge in [0.25, 0.3) is 5.91 Å². The van der Waals surface area contributed by atoms with E-state index in [9.17, 15) is 9.18 Å². The minimum atomic E-state index is -0.387. The van der Waals surface area contributed by atoms with Crippen molar-refractivity contribution < 1.29 is 18.3 Å². The average Bonchev–Trinajstić information content (AvgIpc) is 2.89. The molecule has 0 radical (unpaired) electrons. The second-order valence-corrected chi connectivity index (χ2v) is 4.47. The number of ether oxygens (including phenoxy) is 1. The monoisotopic (exact) mass is 277 g/mol. The van der Waals surface area contributed by atoms with Gasteiger partial charge < -0.3 is 14.5 Å². The van der Waals surface area contributed by atoms with Crippen LogP contribution in [0, 0.1) is 5.82 Å². The van der Waals surface area contributed by atoms with Crippen LogP contribution in [0.4, 0.5) is 4.39 Å². The van der Waals surface area contributed by atoms with Gasteiger partial charge in [0.15, 0.2) is 5.76 Å². The van der Waals surface area contributed by atoms with Gasteiger partial charge in [-0.1, -0.05) is 12.1 Å². The molecule has 0 aliphatic rings. The van der Waals surface area contributed by atoms with Gasteiger partial charge in [0.1, 0.15) is 11.6 Å². The number of rotatable bonds is 5. The zero-order chi connectivity index (χ0) is 14.5. The van der Waals surface area contributed by atoms with Crippen LogP contribution < -0.4 is 5.32 Å². The number of halogens is 1. The van der Waals surface area contributed by atoms with Crippen molar-refractivity contribution in [2.75, 3.05) is 13.7 Å². The van der Waals surface area contributed by atoms with Crippen LogP contribution in [-0.2, 0) is 4.74 Å². The van der Waals surface area contributed by atoms with Gasteiger partial charge in [0, 0.05) is 13.2 Å². The minimum Gasteiger partial charge on any atom is -0.451 e. The van der Waals surface area contributed by atoms with Gasteiger partial charge in [-0.3, -0.25) is 4.79 Å². The van der Waals surface area contributed by atoms with Crippen molar-refractivity contribution >= 4 is 5.91 Å². The van der Waals surface area contributed by atoms with E-state index in [1.54, 1.807) is 31.4 Å². The van der Waals surface area contributed by atoms with E-state index in [1.165, 1.54) is 12.1 Å². The first-order valence-corrected chi connectivity index (χ1v) is 6.26. The van der Waals surface area contributed by atoms with Gasteiger partial charge in [0.05, 0.1) is 12.2 Å². The summed E-state index contributed by atoms with van der Waals surface area (Å²) < 4.78 is 24.0. The third kappa shape index (κ3) is 3.24. The molecule has 5 heteroatoms. The standard InChI is InChI=1S/C15H16FNO3/c1-10(9-19-2)17-15(18)14-8-7-13(20-14)11-5-3-4-6-12(11)16/h3-8,10H,9H2,1-2H3,(H,17,18)/t10-/m1/s1. The first-order chi connectivity index (χ1) is 9.61. The molecule has 20 heavy (non-hydrogen) atoms. The molecule has 0 saturated heterocycles. The molecule has 1 aromatic heterocycles. The molecular weight excluding hydrogens is 261 g/mol. The smallest absolute Gasteiger partial charge is 0.287 e. The lowest BCUT2D eigenvalue weighted by molar-refractivity contribution is 0.0879. The summed E-state index contributed by atoms with van der Waals surface area (Å²) in [6.45, 7) is 2.23. The number of carbonyl (C=O) groups is 1. The summed E-state index contributed by atoms with van der Waals surface area (Å²) in [7, 11) is 1.56. The van der Waals surface area contributed by atoms with Crippen LogP contribution in [0.2, 0.25) is 0 Å². The van der Waals surface area contributed by atoms with E-state index < -0.39 is 0 Å². The average molecular weight is 277 g/mol. The molecule has 1 heterocycles. The molecule has 0 aliphatic carbocycles. The highest BCUT2D eigenvalue weighted by Crippen LogP contribution is 2.24. The maximum Gasteiger partial charge on any atom is 0.287 e. The Morgan fingerprint density at radius 3 is 2.80 bits per heavy atom. The van der Waals surface area contributed by atoms with E-state index in [2.05, 4.69) is 5.32 Å². The Labute approximate surface area is 116 Å². The maximum atomic E-state index is 13.6. The highest BCUT2D eigenvalue weighted by molar-refractivity contribution is 5.92. The molecule has 0 aliphatic heterocycles. The molecule has 0 fully saturated rings. The highest BCUT2D eigenvalue weighted by atomic mass is 19.1. The molecule has 0 bridgehead atoms. The van der Waals surface area contributed by atoms with Crippen LogP contribution in [0.5, 0.6) is 0 Å². The minimum absolute atomic E-state index is 0.130. The highest BCUT2D eigenvalue weighted by Gasteiger charge is 2.15. The fourth-order valence-electron chi connectivity index (χ4n) is 1.85. The molecule has 0 unspecified atom stereocenters. The summed E-state index contributed by atoms with van der Waals surface area (Å²) in [5.41, 5.74) is 0.330. The molecule has 1 atom stereocenters. The van der Waals surface area contributed by atoms with Crippen LogP contribution in [0.3, 0.4) is 0 Å². The van der Waals surface area contributed by atoms with Crippen LogP contribution in [0.15, 0.2) is 40.8 Å². The number of hydrogen-bond donors (Lipinski definition) is 1. The molecule has 1 N–H and O–H groups in total. The van der Waals surface area contributed by atoms with Crippen molar-refractivity contribution in [3.63, 3.8) is 0 Å². The lowest BCUT2D eigenvalue weighted by atomic mass is 10.1. The normalized spacial score (nSPS) is 12.2. The van der Waals surface area contributed by atoms with Gasteiger partial charge in [-0.15, -0.1) is 0 Å². The molecule has 106 valence electrons. The quantitative estimate of drug-likeness (QED) is 0.914. The predicted octanol–water partition coefficient (Wildman–Crippen LogP) is 2.85. The van der Waals surface area contributed by atoms with E-state index in [4.69, 9.17) is 9.15 Å². The number of amides is 1. The number of furan rings is 1. The summed E-state index contributed by atoms with van der Waals surface area (Å²) in [4.78, 5) is 11.9. The summed E-state index contributed by atoms with van der Waals surface area (Å²) >= 11 is 0. The van der Waals surface area contributed by atoms with Crippen molar-refractivity contribution in [2.45, 2.75) is 13.0 Å². The molecule has 4 nitrogen and oxygen atoms in total.